The Morgan fingerprint density at radius 2 is 2.19 bits per heavy atom. The van der Waals surface area contributed by atoms with Crippen LogP contribution >= 0.6 is 11.6 Å². The van der Waals surface area contributed by atoms with Crippen molar-refractivity contribution >= 4 is 17.5 Å². The highest BCUT2D eigenvalue weighted by atomic mass is 35.5. The highest BCUT2D eigenvalue weighted by Crippen LogP contribution is 2.19. The molecule has 1 heterocycles. The van der Waals surface area contributed by atoms with Crippen LogP contribution in [0.15, 0.2) is 18.2 Å². The fraction of sp³-hybridized carbons (Fsp3) is 0.588. The molecule has 1 fully saturated rings. The molecule has 1 N–H and O–H groups in total. The van der Waals surface area contributed by atoms with Crippen LogP contribution in [0.4, 0.5) is 0 Å². The van der Waals surface area contributed by atoms with E-state index in [9.17, 15) is 4.79 Å². The van der Waals surface area contributed by atoms with Crippen LogP contribution in [0.1, 0.15) is 49.0 Å². The van der Waals surface area contributed by atoms with Crippen molar-refractivity contribution in [2.45, 2.75) is 52.1 Å². The van der Waals surface area contributed by atoms with E-state index in [1.807, 2.05) is 24.0 Å². The van der Waals surface area contributed by atoms with Crippen LogP contribution in [-0.4, -0.2) is 36.0 Å². The smallest absolute Gasteiger partial charge is 0.254 e. The minimum atomic E-state index is 0.0688. The first kappa shape index (κ1) is 16.3. The number of hydrogen-bond donors (Lipinski definition) is 1. The van der Waals surface area contributed by atoms with Crippen LogP contribution in [0.25, 0.3) is 0 Å². The first-order valence-corrected chi connectivity index (χ1v) is 8.17. The molecule has 3 nitrogen and oxygen atoms in total. The molecule has 0 aliphatic carbocycles. The number of nitrogens with one attached hydrogen (secondary N) is 1. The van der Waals surface area contributed by atoms with Crippen molar-refractivity contribution in [3.8, 4) is 0 Å². The second-order valence-corrected chi connectivity index (χ2v) is 6.57. The average molecular weight is 309 g/mol. The molecule has 0 aromatic heterocycles. The van der Waals surface area contributed by atoms with Crippen LogP contribution in [0.5, 0.6) is 0 Å². The summed E-state index contributed by atoms with van der Waals surface area (Å²) in [6.45, 7) is 7.90. The highest BCUT2D eigenvalue weighted by molar-refractivity contribution is 6.31. The third-order valence-electron chi connectivity index (χ3n) is 4.13. The summed E-state index contributed by atoms with van der Waals surface area (Å²) in [5, 5.41) is 4.16. The number of hydrogen-bond acceptors (Lipinski definition) is 2. The molecule has 1 amide bonds. The highest BCUT2D eigenvalue weighted by Gasteiger charge is 2.23. The van der Waals surface area contributed by atoms with Crippen molar-refractivity contribution in [3.05, 3.63) is 34.3 Å². The predicted octanol–water partition coefficient (Wildman–Crippen LogP) is 3.64. The lowest BCUT2D eigenvalue weighted by molar-refractivity contribution is 0.0677. The number of benzene rings is 1. The number of piperidine rings is 1. The second-order valence-electron chi connectivity index (χ2n) is 6.16. The fourth-order valence-corrected chi connectivity index (χ4v) is 2.92. The zero-order valence-corrected chi connectivity index (χ0v) is 13.9. The summed E-state index contributed by atoms with van der Waals surface area (Å²) >= 11 is 6.15. The van der Waals surface area contributed by atoms with E-state index in [0.717, 1.165) is 25.1 Å². The van der Waals surface area contributed by atoms with Gasteiger partial charge in [-0.05, 0) is 57.9 Å². The second kappa shape index (κ2) is 7.28. The van der Waals surface area contributed by atoms with Crippen molar-refractivity contribution in [2.24, 2.45) is 0 Å². The lowest BCUT2D eigenvalue weighted by Crippen LogP contribution is -2.48. The van der Waals surface area contributed by atoms with Gasteiger partial charge in [0.05, 0.1) is 0 Å². The number of amides is 1. The van der Waals surface area contributed by atoms with Gasteiger partial charge >= 0.3 is 0 Å². The summed E-state index contributed by atoms with van der Waals surface area (Å²) < 4.78 is 0. The largest absolute Gasteiger partial charge is 0.335 e. The van der Waals surface area contributed by atoms with E-state index in [4.69, 9.17) is 11.6 Å². The lowest BCUT2D eigenvalue weighted by atomic mass is 10.0. The monoisotopic (exact) mass is 308 g/mol. The summed E-state index contributed by atoms with van der Waals surface area (Å²) in [5.74, 6) is 0.0688. The normalized spacial score (nSPS) is 18.8. The molecule has 1 aliphatic rings. The van der Waals surface area contributed by atoms with Gasteiger partial charge in [-0.15, -0.1) is 0 Å². The van der Waals surface area contributed by atoms with Crippen LogP contribution in [0, 0.1) is 6.92 Å². The van der Waals surface area contributed by atoms with E-state index in [0.29, 0.717) is 16.6 Å². The van der Waals surface area contributed by atoms with Gasteiger partial charge in [0.25, 0.3) is 5.91 Å². The summed E-state index contributed by atoms with van der Waals surface area (Å²) in [4.78, 5) is 14.7. The Morgan fingerprint density at radius 3 is 2.76 bits per heavy atom. The minimum absolute atomic E-state index is 0.0688. The third-order valence-corrected chi connectivity index (χ3v) is 4.54. The van der Waals surface area contributed by atoms with Gasteiger partial charge in [0.15, 0.2) is 0 Å². The summed E-state index contributed by atoms with van der Waals surface area (Å²) in [6, 6.07) is 6.15. The van der Waals surface area contributed by atoms with E-state index in [1.54, 1.807) is 6.07 Å². The van der Waals surface area contributed by atoms with Crippen LogP contribution in [-0.2, 0) is 0 Å². The maximum atomic E-state index is 12.8. The first-order valence-electron chi connectivity index (χ1n) is 7.79. The van der Waals surface area contributed by atoms with Gasteiger partial charge in [0, 0.05) is 29.2 Å². The Kier molecular flexibility index (Phi) is 5.65. The first-order chi connectivity index (χ1) is 9.99. The number of halogens is 1. The Hall–Kier alpha value is -1.06. The Morgan fingerprint density at radius 1 is 1.43 bits per heavy atom. The molecule has 1 aromatic rings. The van der Waals surface area contributed by atoms with Crippen molar-refractivity contribution in [1.29, 1.82) is 0 Å². The van der Waals surface area contributed by atoms with E-state index >= 15 is 0 Å². The SMILES string of the molecule is Cc1ccc(C(=O)N(CC2CCCCN2)C(C)C)cc1Cl. The van der Waals surface area contributed by atoms with Crippen molar-refractivity contribution in [1.82, 2.24) is 10.2 Å². The standard InChI is InChI=1S/C17H25ClN2O/c1-12(2)20(11-15-6-4-5-9-19-15)17(21)14-8-7-13(3)16(18)10-14/h7-8,10,12,15,19H,4-6,9,11H2,1-3H3. The topological polar surface area (TPSA) is 32.3 Å². The Bertz CT molecular complexity index is 496. The molecule has 2 rings (SSSR count). The molecule has 1 aliphatic heterocycles. The molecule has 116 valence electrons. The number of carbonyl (C=O) groups excluding carboxylic acids is 1. The van der Waals surface area contributed by atoms with E-state index < -0.39 is 0 Å². The maximum absolute atomic E-state index is 12.8. The molecular formula is C17H25ClN2O. The molecule has 0 spiro atoms. The average Bonchev–Trinajstić information content (AvgIpc) is 2.47. The molecule has 1 atom stereocenters. The molecule has 0 saturated carbocycles. The van der Waals surface area contributed by atoms with Gasteiger partial charge in [-0.25, -0.2) is 0 Å². The molecule has 1 saturated heterocycles. The number of rotatable bonds is 4. The van der Waals surface area contributed by atoms with Gasteiger partial charge in [0.2, 0.25) is 0 Å². The van der Waals surface area contributed by atoms with Gasteiger partial charge in [-0.3, -0.25) is 4.79 Å². The van der Waals surface area contributed by atoms with E-state index in [-0.39, 0.29) is 11.9 Å². The van der Waals surface area contributed by atoms with Crippen LogP contribution in [0.2, 0.25) is 5.02 Å². The minimum Gasteiger partial charge on any atom is -0.335 e. The van der Waals surface area contributed by atoms with Gasteiger partial charge < -0.3 is 10.2 Å². The molecule has 21 heavy (non-hydrogen) atoms. The van der Waals surface area contributed by atoms with Crippen molar-refractivity contribution < 1.29 is 4.79 Å². The molecule has 4 heteroatoms. The molecule has 0 radical (unpaired) electrons. The maximum Gasteiger partial charge on any atom is 0.254 e. The zero-order valence-electron chi connectivity index (χ0n) is 13.2. The quantitative estimate of drug-likeness (QED) is 0.921. The number of aryl methyl sites for hydroxylation is 1. The van der Waals surface area contributed by atoms with E-state index in [1.165, 1.54) is 12.8 Å². The summed E-state index contributed by atoms with van der Waals surface area (Å²) in [7, 11) is 0. The van der Waals surface area contributed by atoms with Crippen molar-refractivity contribution in [2.75, 3.05) is 13.1 Å². The van der Waals surface area contributed by atoms with E-state index in [2.05, 4.69) is 19.2 Å². The Balaban J connectivity index is 2.12. The lowest BCUT2D eigenvalue weighted by Gasteiger charge is -2.33. The van der Waals surface area contributed by atoms with Crippen LogP contribution in [0.3, 0.4) is 0 Å². The molecular weight excluding hydrogens is 284 g/mol. The van der Waals surface area contributed by atoms with Gasteiger partial charge in [-0.2, -0.15) is 0 Å². The number of nitrogens with zero attached hydrogens (tertiary/aromatic N) is 1. The fourth-order valence-electron chi connectivity index (χ4n) is 2.74. The third kappa shape index (κ3) is 4.21. The predicted molar refractivity (Wildman–Crippen MR) is 88.0 cm³/mol. The van der Waals surface area contributed by atoms with Gasteiger partial charge in [0.1, 0.15) is 0 Å². The Labute approximate surface area is 132 Å². The van der Waals surface area contributed by atoms with Crippen LogP contribution < -0.4 is 5.32 Å². The summed E-state index contributed by atoms with van der Waals surface area (Å²) in [5.41, 5.74) is 1.67. The zero-order chi connectivity index (χ0) is 15.4. The van der Waals surface area contributed by atoms with Crippen molar-refractivity contribution in [3.63, 3.8) is 0 Å². The molecule has 0 bridgehead atoms. The summed E-state index contributed by atoms with van der Waals surface area (Å²) in [6.07, 6.45) is 3.62. The molecule has 1 aromatic carbocycles. The molecule has 1 unspecified atom stereocenters. The van der Waals surface area contributed by atoms with Gasteiger partial charge in [-0.1, -0.05) is 24.1 Å². The number of carbonyl (C=O) groups is 1.